The fraction of sp³-hybridized carbons (Fsp3) is 0.368. The van der Waals surface area contributed by atoms with Gasteiger partial charge in [0.05, 0.1) is 9.82 Å². The normalized spacial score (nSPS) is 15.3. The minimum atomic E-state index is -3.84. The summed E-state index contributed by atoms with van der Waals surface area (Å²) in [6, 6.07) is 13.3. The Labute approximate surface area is 159 Å². The number of benzene rings is 2. The molecule has 2 aromatic rings. The van der Waals surface area contributed by atoms with E-state index in [4.69, 9.17) is 0 Å². The van der Waals surface area contributed by atoms with Crippen LogP contribution in [0.25, 0.3) is 0 Å². The van der Waals surface area contributed by atoms with Crippen LogP contribution in [0.2, 0.25) is 0 Å². The molecular weight excluding hydrogens is 366 g/mol. The molecule has 0 spiro atoms. The Balaban J connectivity index is 1.85. The number of nitro groups is 1. The van der Waals surface area contributed by atoms with E-state index in [0.717, 1.165) is 50.4 Å². The maximum absolute atomic E-state index is 12.6. The van der Waals surface area contributed by atoms with Crippen LogP contribution < -0.4 is 9.62 Å². The quantitative estimate of drug-likeness (QED) is 0.603. The first-order valence-electron chi connectivity index (χ1n) is 9.04. The van der Waals surface area contributed by atoms with Gasteiger partial charge in [-0.2, -0.15) is 0 Å². The summed E-state index contributed by atoms with van der Waals surface area (Å²) in [5, 5.41) is 11.6. The highest BCUT2D eigenvalue weighted by atomic mass is 32.2. The van der Waals surface area contributed by atoms with Gasteiger partial charge in [0, 0.05) is 25.7 Å². The first-order chi connectivity index (χ1) is 13.0. The summed E-state index contributed by atoms with van der Waals surface area (Å²) >= 11 is 0. The molecule has 0 aromatic heterocycles. The molecule has 0 radical (unpaired) electrons. The molecular formula is C19H23N3O4S. The summed E-state index contributed by atoms with van der Waals surface area (Å²) in [5.41, 5.74) is 1.14. The van der Waals surface area contributed by atoms with Gasteiger partial charge >= 0.3 is 0 Å². The number of hydrogen-bond donors (Lipinski definition) is 1. The van der Waals surface area contributed by atoms with Crippen LogP contribution in [0.3, 0.4) is 0 Å². The Bertz CT molecular complexity index is 892. The van der Waals surface area contributed by atoms with E-state index in [1.165, 1.54) is 6.07 Å². The molecule has 1 aliphatic heterocycles. The third-order valence-electron chi connectivity index (χ3n) is 4.71. The van der Waals surface area contributed by atoms with Gasteiger partial charge in [-0.25, -0.2) is 13.1 Å². The molecule has 0 bridgehead atoms. The van der Waals surface area contributed by atoms with Crippen molar-refractivity contribution in [2.75, 3.05) is 18.0 Å². The van der Waals surface area contributed by atoms with Crippen LogP contribution in [0.15, 0.2) is 53.4 Å². The maximum atomic E-state index is 12.6. The van der Waals surface area contributed by atoms with Crippen molar-refractivity contribution in [3.63, 3.8) is 0 Å². The van der Waals surface area contributed by atoms with Gasteiger partial charge in [0.1, 0.15) is 5.69 Å². The molecule has 1 N–H and O–H groups in total. The van der Waals surface area contributed by atoms with Crippen LogP contribution in [0.1, 0.15) is 31.2 Å². The van der Waals surface area contributed by atoms with Crippen LogP contribution in [0.5, 0.6) is 0 Å². The van der Waals surface area contributed by atoms with E-state index in [9.17, 15) is 18.5 Å². The monoisotopic (exact) mass is 389 g/mol. The lowest BCUT2D eigenvalue weighted by Crippen LogP contribution is -2.26. The third-order valence-corrected chi connectivity index (χ3v) is 6.11. The van der Waals surface area contributed by atoms with E-state index in [1.807, 2.05) is 35.2 Å². The molecule has 1 saturated heterocycles. The van der Waals surface area contributed by atoms with E-state index >= 15 is 0 Å². The Hall–Kier alpha value is -2.45. The first-order valence-corrected chi connectivity index (χ1v) is 10.5. The first kappa shape index (κ1) is 19.3. The molecule has 144 valence electrons. The van der Waals surface area contributed by atoms with Crippen LogP contribution >= 0.6 is 0 Å². The molecule has 27 heavy (non-hydrogen) atoms. The molecule has 0 unspecified atom stereocenters. The zero-order chi connectivity index (χ0) is 19.3. The predicted octanol–water partition coefficient (Wildman–Crippen LogP) is 3.45. The van der Waals surface area contributed by atoms with Crippen molar-refractivity contribution in [1.82, 2.24) is 4.72 Å². The highest BCUT2D eigenvalue weighted by Gasteiger charge is 2.24. The van der Waals surface area contributed by atoms with Crippen molar-refractivity contribution in [1.29, 1.82) is 0 Å². The zero-order valence-electron chi connectivity index (χ0n) is 15.0. The fourth-order valence-corrected chi connectivity index (χ4v) is 4.29. The van der Waals surface area contributed by atoms with Gasteiger partial charge in [0.25, 0.3) is 5.69 Å². The van der Waals surface area contributed by atoms with E-state index in [-0.39, 0.29) is 17.1 Å². The summed E-state index contributed by atoms with van der Waals surface area (Å²) in [7, 11) is -3.84. The number of rotatable bonds is 6. The number of nitrogens with one attached hydrogen (secondary N) is 1. The van der Waals surface area contributed by atoms with Crippen molar-refractivity contribution >= 4 is 21.4 Å². The molecule has 1 aliphatic rings. The Morgan fingerprint density at radius 3 is 2.30 bits per heavy atom. The van der Waals surface area contributed by atoms with Gasteiger partial charge in [-0.3, -0.25) is 10.1 Å². The number of sulfonamides is 1. The second-order valence-corrected chi connectivity index (χ2v) is 8.39. The lowest BCUT2D eigenvalue weighted by molar-refractivity contribution is -0.384. The largest absolute Gasteiger partial charge is 0.366 e. The van der Waals surface area contributed by atoms with Crippen LogP contribution in [0.4, 0.5) is 11.4 Å². The van der Waals surface area contributed by atoms with Crippen LogP contribution in [0, 0.1) is 10.1 Å². The van der Waals surface area contributed by atoms with Crippen molar-refractivity contribution in [3.8, 4) is 0 Å². The average molecular weight is 389 g/mol. The molecule has 0 saturated carbocycles. The second-order valence-electron chi connectivity index (χ2n) is 6.62. The molecule has 3 rings (SSSR count). The molecule has 1 heterocycles. The summed E-state index contributed by atoms with van der Waals surface area (Å²) in [4.78, 5) is 13.0. The maximum Gasteiger partial charge on any atom is 0.293 e. The molecule has 0 amide bonds. The van der Waals surface area contributed by atoms with Gasteiger partial charge < -0.3 is 4.90 Å². The summed E-state index contributed by atoms with van der Waals surface area (Å²) in [5.74, 6) is 0. The summed E-state index contributed by atoms with van der Waals surface area (Å²) in [6.07, 6.45) is 4.19. The average Bonchev–Trinajstić information content (AvgIpc) is 2.96. The SMILES string of the molecule is O=[N+]([O-])c1cc(S(=O)(=O)NCc2ccccc2)ccc1N1CCCCCC1. The van der Waals surface area contributed by atoms with Crippen LogP contribution in [-0.2, 0) is 16.6 Å². The number of hydrogen-bond acceptors (Lipinski definition) is 5. The van der Waals surface area contributed by atoms with E-state index in [0.29, 0.717) is 5.69 Å². The standard InChI is InChI=1S/C19H23N3O4S/c23-22(24)19-14-17(10-11-18(19)21-12-6-1-2-7-13-21)27(25,26)20-15-16-8-4-3-5-9-16/h3-5,8-11,14,20H,1-2,6-7,12-13,15H2. The fourth-order valence-electron chi connectivity index (χ4n) is 3.25. The lowest BCUT2D eigenvalue weighted by atomic mass is 10.2. The van der Waals surface area contributed by atoms with Gasteiger partial charge in [0.15, 0.2) is 0 Å². The molecule has 8 heteroatoms. The molecule has 0 atom stereocenters. The number of anilines is 1. The topological polar surface area (TPSA) is 92.5 Å². The van der Waals surface area contributed by atoms with Gasteiger partial charge in [-0.05, 0) is 30.5 Å². The Kier molecular flexibility index (Phi) is 6.08. The third kappa shape index (κ3) is 4.84. The highest BCUT2D eigenvalue weighted by Crippen LogP contribution is 2.32. The van der Waals surface area contributed by atoms with Gasteiger partial charge in [-0.1, -0.05) is 43.2 Å². The Morgan fingerprint density at radius 2 is 1.67 bits per heavy atom. The minimum absolute atomic E-state index is 0.0938. The zero-order valence-corrected chi connectivity index (χ0v) is 15.8. The van der Waals surface area contributed by atoms with E-state index in [2.05, 4.69) is 4.72 Å². The predicted molar refractivity (Wildman–Crippen MR) is 104 cm³/mol. The van der Waals surface area contributed by atoms with Crippen molar-refractivity contribution in [3.05, 3.63) is 64.2 Å². The highest BCUT2D eigenvalue weighted by molar-refractivity contribution is 7.89. The molecule has 7 nitrogen and oxygen atoms in total. The van der Waals surface area contributed by atoms with E-state index in [1.54, 1.807) is 6.07 Å². The van der Waals surface area contributed by atoms with Gasteiger partial charge in [-0.15, -0.1) is 0 Å². The van der Waals surface area contributed by atoms with Crippen LogP contribution in [-0.4, -0.2) is 26.4 Å². The number of nitro benzene ring substituents is 1. The molecule has 1 fully saturated rings. The van der Waals surface area contributed by atoms with E-state index < -0.39 is 14.9 Å². The number of nitrogens with zero attached hydrogens (tertiary/aromatic N) is 2. The van der Waals surface area contributed by atoms with Crippen molar-refractivity contribution in [2.45, 2.75) is 37.1 Å². The molecule has 2 aromatic carbocycles. The second kappa shape index (κ2) is 8.49. The summed E-state index contributed by atoms with van der Waals surface area (Å²) < 4.78 is 27.7. The minimum Gasteiger partial charge on any atom is -0.366 e. The summed E-state index contributed by atoms with van der Waals surface area (Å²) in [6.45, 7) is 1.63. The smallest absolute Gasteiger partial charge is 0.293 e. The molecule has 0 aliphatic carbocycles. The lowest BCUT2D eigenvalue weighted by Gasteiger charge is -2.22. The Morgan fingerprint density at radius 1 is 1.00 bits per heavy atom. The van der Waals surface area contributed by atoms with Crippen molar-refractivity contribution < 1.29 is 13.3 Å². The van der Waals surface area contributed by atoms with Gasteiger partial charge in [0.2, 0.25) is 10.0 Å². The van der Waals surface area contributed by atoms with Crippen molar-refractivity contribution in [2.24, 2.45) is 0 Å².